The molecule has 3 aromatic rings. The summed E-state index contributed by atoms with van der Waals surface area (Å²) >= 11 is 3.40. The molecule has 1 unspecified atom stereocenters. The van der Waals surface area contributed by atoms with E-state index in [2.05, 4.69) is 31.4 Å². The lowest BCUT2D eigenvalue weighted by Crippen LogP contribution is -2.26. The highest BCUT2D eigenvalue weighted by Crippen LogP contribution is 2.21. The SMILES string of the molecule is CC(NC(=O)c1cc(-c2ccc(Br)cc2)n[nH]1)c1ccccc1. The van der Waals surface area contributed by atoms with Crippen LogP contribution in [0, 0.1) is 0 Å². The van der Waals surface area contributed by atoms with Gasteiger partial charge < -0.3 is 5.32 Å². The van der Waals surface area contributed by atoms with E-state index < -0.39 is 0 Å². The van der Waals surface area contributed by atoms with E-state index in [0.717, 1.165) is 21.3 Å². The Hall–Kier alpha value is -2.40. The number of aromatic amines is 1. The molecule has 3 rings (SSSR count). The van der Waals surface area contributed by atoms with Crippen molar-refractivity contribution < 1.29 is 4.79 Å². The Morgan fingerprint density at radius 3 is 2.52 bits per heavy atom. The van der Waals surface area contributed by atoms with Crippen molar-refractivity contribution in [1.82, 2.24) is 15.5 Å². The number of nitrogens with zero attached hydrogens (tertiary/aromatic N) is 1. The van der Waals surface area contributed by atoms with Crippen molar-refractivity contribution in [3.63, 3.8) is 0 Å². The zero-order valence-electron chi connectivity index (χ0n) is 12.6. The van der Waals surface area contributed by atoms with E-state index in [1.807, 2.05) is 61.5 Å². The van der Waals surface area contributed by atoms with Gasteiger partial charge in [-0.25, -0.2) is 0 Å². The molecule has 0 bridgehead atoms. The molecule has 0 radical (unpaired) electrons. The van der Waals surface area contributed by atoms with E-state index >= 15 is 0 Å². The van der Waals surface area contributed by atoms with Gasteiger partial charge in [0.25, 0.3) is 5.91 Å². The van der Waals surface area contributed by atoms with Crippen LogP contribution in [-0.2, 0) is 0 Å². The van der Waals surface area contributed by atoms with Crippen LogP contribution in [0.1, 0.15) is 29.0 Å². The van der Waals surface area contributed by atoms with Crippen molar-refractivity contribution in [2.45, 2.75) is 13.0 Å². The number of halogens is 1. The van der Waals surface area contributed by atoms with Gasteiger partial charge in [-0.2, -0.15) is 5.10 Å². The van der Waals surface area contributed by atoms with Crippen molar-refractivity contribution >= 4 is 21.8 Å². The Kier molecular flexibility index (Phi) is 4.57. The van der Waals surface area contributed by atoms with Crippen LogP contribution in [0.25, 0.3) is 11.3 Å². The Labute approximate surface area is 143 Å². The summed E-state index contributed by atoms with van der Waals surface area (Å²) in [5.74, 6) is -0.169. The van der Waals surface area contributed by atoms with Crippen LogP contribution in [0.4, 0.5) is 0 Å². The van der Waals surface area contributed by atoms with Crippen molar-refractivity contribution in [3.05, 3.63) is 76.4 Å². The molecule has 0 saturated carbocycles. The molecule has 4 nitrogen and oxygen atoms in total. The number of hydrogen-bond donors (Lipinski definition) is 2. The minimum atomic E-state index is -0.169. The first kappa shape index (κ1) is 15.5. The van der Waals surface area contributed by atoms with E-state index in [-0.39, 0.29) is 11.9 Å². The molecule has 0 aliphatic heterocycles. The second-order valence-electron chi connectivity index (χ2n) is 5.28. The summed E-state index contributed by atoms with van der Waals surface area (Å²) in [6.45, 7) is 1.96. The molecule has 0 saturated heterocycles. The molecule has 1 aromatic heterocycles. The van der Waals surface area contributed by atoms with Gasteiger partial charge in [0.15, 0.2) is 0 Å². The summed E-state index contributed by atoms with van der Waals surface area (Å²) in [4.78, 5) is 12.3. The fourth-order valence-electron chi connectivity index (χ4n) is 2.31. The number of amides is 1. The monoisotopic (exact) mass is 369 g/mol. The molecule has 2 N–H and O–H groups in total. The quantitative estimate of drug-likeness (QED) is 0.718. The number of aromatic nitrogens is 2. The number of carbonyl (C=O) groups is 1. The van der Waals surface area contributed by atoms with Gasteiger partial charge in [0.05, 0.1) is 11.7 Å². The van der Waals surface area contributed by atoms with Crippen molar-refractivity contribution in [2.24, 2.45) is 0 Å². The Morgan fingerprint density at radius 1 is 1.13 bits per heavy atom. The van der Waals surface area contributed by atoms with Crippen molar-refractivity contribution in [3.8, 4) is 11.3 Å². The van der Waals surface area contributed by atoms with Crippen molar-refractivity contribution in [1.29, 1.82) is 0 Å². The van der Waals surface area contributed by atoms with E-state index in [0.29, 0.717) is 5.69 Å². The maximum absolute atomic E-state index is 12.3. The maximum Gasteiger partial charge on any atom is 0.269 e. The highest BCUT2D eigenvalue weighted by molar-refractivity contribution is 9.10. The van der Waals surface area contributed by atoms with Gasteiger partial charge >= 0.3 is 0 Å². The summed E-state index contributed by atoms with van der Waals surface area (Å²) in [5, 5.41) is 9.99. The summed E-state index contributed by atoms with van der Waals surface area (Å²) < 4.78 is 1.01. The van der Waals surface area contributed by atoms with Gasteiger partial charge in [-0.1, -0.05) is 58.4 Å². The summed E-state index contributed by atoms with van der Waals surface area (Å²) in [6, 6.07) is 19.3. The first-order valence-electron chi connectivity index (χ1n) is 7.30. The van der Waals surface area contributed by atoms with Gasteiger partial charge in [-0.15, -0.1) is 0 Å². The minimum Gasteiger partial charge on any atom is -0.344 e. The van der Waals surface area contributed by atoms with Gasteiger partial charge in [-0.05, 0) is 30.7 Å². The molecular weight excluding hydrogens is 354 g/mol. The third kappa shape index (κ3) is 3.68. The first-order valence-corrected chi connectivity index (χ1v) is 8.10. The van der Waals surface area contributed by atoms with E-state index in [9.17, 15) is 4.79 Å². The Morgan fingerprint density at radius 2 is 1.83 bits per heavy atom. The highest BCUT2D eigenvalue weighted by Gasteiger charge is 2.14. The van der Waals surface area contributed by atoms with Gasteiger partial charge in [0.2, 0.25) is 0 Å². The standard InChI is InChI=1S/C18H16BrN3O/c1-12(13-5-3-2-4-6-13)20-18(23)17-11-16(21-22-17)14-7-9-15(19)10-8-14/h2-12H,1H3,(H,20,23)(H,21,22). The molecule has 0 spiro atoms. The molecule has 1 heterocycles. The number of carbonyl (C=O) groups excluding carboxylic acids is 1. The lowest BCUT2D eigenvalue weighted by Gasteiger charge is -2.13. The lowest BCUT2D eigenvalue weighted by atomic mass is 10.1. The third-order valence-electron chi connectivity index (χ3n) is 3.61. The summed E-state index contributed by atoms with van der Waals surface area (Å²) in [7, 11) is 0. The summed E-state index contributed by atoms with van der Waals surface area (Å²) in [6.07, 6.45) is 0. The predicted octanol–water partition coefficient (Wildman–Crippen LogP) is 4.33. The molecule has 2 aromatic carbocycles. The molecule has 0 aliphatic carbocycles. The Bertz CT molecular complexity index is 797. The third-order valence-corrected chi connectivity index (χ3v) is 4.14. The fraction of sp³-hybridized carbons (Fsp3) is 0.111. The fourth-order valence-corrected chi connectivity index (χ4v) is 2.57. The average Bonchev–Trinajstić information content (AvgIpc) is 3.06. The molecule has 1 amide bonds. The maximum atomic E-state index is 12.3. The average molecular weight is 370 g/mol. The minimum absolute atomic E-state index is 0.0665. The van der Waals surface area contributed by atoms with Crippen LogP contribution in [0.3, 0.4) is 0 Å². The zero-order valence-corrected chi connectivity index (χ0v) is 14.2. The zero-order chi connectivity index (χ0) is 16.2. The predicted molar refractivity (Wildman–Crippen MR) is 94.0 cm³/mol. The second kappa shape index (κ2) is 6.79. The van der Waals surface area contributed by atoms with Crippen LogP contribution in [0.15, 0.2) is 65.1 Å². The largest absolute Gasteiger partial charge is 0.344 e. The molecule has 116 valence electrons. The van der Waals surface area contributed by atoms with Crippen LogP contribution >= 0.6 is 15.9 Å². The number of nitrogens with one attached hydrogen (secondary N) is 2. The highest BCUT2D eigenvalue weighted by atomic mass is 79.9. The van der Waals surface area contributed by atoms with Crippen molar-refractivity contribution in [2.75, 3.05) is 0 Å². The van der Waals surface area contributed by atoms with E-state index in [1.54, 1.807) is 6.07 Å². The normalized spacial score (nSPS) is 11.9. The molecule has 1 atom stereocenters. The topological polar surface area (TPSA) is 57.8 Å². The number of hydrogen-bond acceptors (Lipinski definition) is 2. The first-order chi connectivity index (χ1) is 11.1. The Balaban J connectivity index is 1.72. The smallest absolute Gasteiger partial charge is 0.269 e. The summed E-state index contributed by atoms with van der Waals surface area (Å²) in [5.41, 5.74) is 3.22. The van der Waals surface area contributed by atoms with Crippen LogP contribution in [-0.4, -0.2) is 16.1 Å². The van der Waals surface area contributed by atoms with E-state index in [4.69, 9.17) is 0 Å². The number of benzene rings is 2. The molecule has 5 heteroatoms. The van der Waals surface area contributed by atoms with Gasteiger partial charge in [-0.3, -0.25) is 9.89 Å². The van der Waals surface area contributed by atoms with Gasteiger partial charge in [0.1, 0.15) is 5.69 Å². The molecule has 23 heavy (non-hydrogen) atoms. The lowest BCUT2D eigenvalue weighted by molar-refractivity contribution is 0.0935. The second-order valence-corrected chi connectivity index (χ2v) is 6.20. The molecule has 0 fully saturated rings. The van der Waals surface area contributed by atoms with E-state index in [1.165, 1.54) is 0 Å². The van der Waals surface area contributed by atoms with Gasteiger partial charge in [0, 0.05) is 10.0 Å². The van der Waals surface area contributed by atoms with Crippen LogP contribution < -0.4 is 5.32 Å². The van der Waals surface area contributed by atoms with Crippen LogP contribution in [0.5, 0.6) is 0 Å². The van der Waals surface area contributed by atoms with Crippen LogP contribution in [0.2, 0.25) is 0 Å². The molecule has 0 aliphatic rings. The number of H-pyrrole nitrogens is 1. The number of rotatable bonds is 4. The molecular formula is C18H16BrN3O.